The fourth-order valence-corrected chi connectivity index (χ4v) is 3.34. The fraction of sp³-hybridized carbons (Fsp3) is 0.316. The lowest BCUT2D eigenvalue weighted by atomic mass is 9.87. The Kier molecular flexibility index (Phi) is 5.09. The number of nitrogens with zero attached hydrogens (tertiary/aromatic N) is 2. The summed E-state index contributed by atoms with van der Waals surface area (Å²) in [6.45, 7) is 1.12. The summed E-state index contributed by atoms with van der Waals surface area (Å²) in [7, 11) is 0. The molecule has 25 heavy (non-hydrogen) atoms. The van der Waals surface area contributed by atoms with E-state index in [1.807, 2.05) is 30.3 Å². The van der Waals surface area contributed by atoms with E-state index >= 15 is 0 Å². The van der Waals surface area contributed by atoms with Gasteiger partial charge in [0.15, 0.2) is 0 Å². The number of carbonyl (C=O) groups excluding carboxylic acids is 1. The summed E-state index contributed by atoms with van der Waals surface area (Å²) in [5, 5.41) is 21.9. The van der Waals surface area contributed by atoms with Crippen LogP contribution in [-0.4, -0.2) is 27.4 Å². The SMILES string of the molecule is O=C1C(C(O)c2ccccc2[N+](=O)[O-])CCCN1Cc1ccccc1. The number of likely N-dealkylation sites (tertiary alicyclic amines) is 1. The molecule has 1 fully saturated rings. The van der Waals surface area contributed by atoms with Gasteiger partial charge in [-0.1, -0.05) is 42.5 Å². The second kappa shape index (κ2) is 7.44. The first kappa shape index (κ1) is 17.1. The fourth-order valence-electron chi connectivity index (χ4n) is 3.34. The van der Waals surface area contributed by atoms with Crippen LogP contribution in [0, 0.1) is 16.0 Å². The van der Waals surface area contributed by atoms with Gasteiger partial charge in [-0.05, 0) is 24.5 Å². The predicted molar refractivity (Wildman–Crippen MR) is 92.6 cm³/mol. The van der Waals surface area contributed by atoms with Crippen molar-refractivity contribution in [1.29, 1.82) is 0 Å². The highest BCUT2D eigenvalue weighted by molar-refractivity contribution is 5.80. The maximum absolute atomic E-state index is 12.8. The molecule has 2 aromatic rings. The molecule has 6 heteroatoms. The largest absolute Gasteiger partial charge is 0.387 e. The summed E-state index contributed by atoms with van der Waals surface area (Å²) < 4.78 is 0. The van der Waals surface area contributed by atoms with Crippen LogP contribution in [0.3, 0.4) is 0 Å². The van der Waals surface area contributed by atoms with Gasteiger partial charge in [0.05, 0.1) is 22.5 Å². The Balaban J connectivity index is 1.80. The zero-order valence-corrected chi connectivity index (χ0v) is 13.7. The van der Waals surface area contributed by atoms with Crippen LogP contribution < -0.4 is 0 Å². The van der Waals surface area contributed by atoms with E-state index in [1.54, 1.807) is 17.0 Å². The Morgan fingerprint density at radius 3 is 2.56 bits per heavy atom. The average molecular weight is 340 g/mol. The Hall–Kier alpha value is -2.73. The minimum atomic E-state index is -1.17. The molecule has 1 amide bonds. The van der Waals surface area contributed by atoms with E-state index in [1.165, 1.54) is 12.1 Å². The van der Waals surface area contributed by atoms with Crippen LogP contribution in [0.2, 0.25) is 0 Å². The van der Waals surface area contributed by atoms with E-state index in [-0.39, 0.29) is 17.2 Å². The van der Waals surface area contributed by atoms with Gasteiger partial charge in [-0.25, -0.2) is 0 Å². The molecule has 130 valence electrons. The highest BCUT2D eigenvalue weighted by Crippen LogP contribution is 2.35. The second-order valence-corrected chi connectivity index (χ2v) is 6.25. The third-order valence-electron chi connectivity index (χ3n) is 4.62. The first-order valence-corrected chi connectivity index (χ1v) is 8.32. The quantitative estimate of drug-likeness (QED) is 0.670. The zero-order chi connectivity index (χ0) is 17.8. The molecule has 2 unspecified atom stereocenters. The van der Waals surface area contributed by atoms with Crippen molar-refractivity contribution < 1.29 is 14.8 Å². The number of benzene rings is 2. The number of rotatable bonds is 5. The number of aliphatic hydroxyl groups excluding tert-OH is 1. The Morgan fingerprint density at radius 2 is 1.84 bits per heavy atom. The zero-order valence-electron chi connectivity index (χ0n) is 13.7. The summed E-state index contributed by atoms with van der Waals surface area (Å²) in [5.74, 6) is -0.806. The molecule has 3 rings (SSSR count). The van der Waals surface area contributed by atoms with Crippen LogP contribution in [-0.2, 0) is 11.3 Å². The number of para-hydroxylation sites is 1. The molecule has 1 heterocycles. The standard InChI is InChI=1S/C19H20N2O4/c22-18(15-9-4-5-11-17(15)21(24)25)16-10-6-12-20(19(16)23)13-14-7-2-1-3-8-14/h1-5,7-9,11,16,18,22H,6,10,12-13H2. The molecule has 0 bridgehead atoms. The van der Waals surface area contributed by atoms with E-state index in [2.05, 4.69) is 0 Å². The van der Waals surface area contributed by atoms with E-state index in [4.69, 9.17) is 0 Å². The Bertz CT molecular complexity index is 763. The molecule has 1 aliphatic rings. The van der Waals surface area contributed by atoms with Gasteiger partial charge in [0, 0.05) is 19.2 Å². The van der Waals surface area contributed by atoms with E-state index in [0.717, 1.165) is 12.0 Å². The minimum absolute atomic E-state index is 0.150. The van der Waals surface area contributed by atoms with Gasteiger partial charge in [0.25, 0.3) is 5.69 Å². The van der Waals surface area contributed by atoms with Gasteiger partial charge in [0.1, 0.15) is 0 Å². The monoisotopic (exact) mass is 340 g/mol. The molecule has 0 aromatic heterocycles. The minimum Gasteiger partial charge on any atom is -0.387 e. The van der Waals surface area contributed by atoms with Gasteiger partial charge in [-0.15, -0.1) is 0 Å². The molecule has 1 N–H and O–H groups in total. The number of nitro groups is 1. The van der Waals surface area contributed by atoms with Crippen molar-refractivity contribution in [2.24, 2.45) is 5.92 Å². The topological polar surface area (TPSA) is 83.7 Å². The number of piperidine rings is 1. The lowest BCUT2D eigenvalue weighted by Gasteiger charge is -2.34. The van der Waals surface area contributed by atoms with Gasteiger partial charge >= 0.3 is 0 Å². The van der Waals surface area contributed by atoms with Crippen LogP contribution in [0.15, 0.2) is 54.6 Å². The Labute approximate surface area is 145 Å². The number of aliphatic hydroxyl groups is 1. The smallest absolute Gasteiger partial charge is 0.275 e. The molecule has 1 aliphatic heterocycles. The van der Waals surface area contributed by atoms with Crippen LogP contribution in [0.4, 0.5) is 5.69 Å². The van der Waals surface area contributed by atoms with Crippen molar-refractivity contribution in [3.63, 3.8) is 0 Å². The second-order valence-electron chi connectivity index (χ2n) is 6.25. The molecule has 2 aromatic carbocycles. The lowest BCUT2D eigenvalue weighted by Crippen LogP contribution is -2.43. The molecule has 0 spiro atoms. The van der Waals surface area contributed by atoms with Gasteiger partial charge in [0.2, 0.25) is 5.91 Å². The highest BCUT2D eigenvalue weighted by atomic mass is 16.6. The summed E-state index contributed by atoms with van der Waals surface area (Å²) in [4.78, 5) is 25.2. The molecule has 0 saturated carbocycles. The summed E-state index contributed by atoms with van der Waals surface area (Å²) in [6, 6.07) is 15.7. The van der Waals surface area contributed by atoms with Crippen molar-refractivity contribution in [2.75, 3.05) is 6.54 Å². The molecule has 2 atom stereocenters. The molecule has 1 saturated heterocycles. The maximum atomic E-state index is 12.8. The van der Waals surface area contributed by atoms with Crippen molar-refractivity contribution in [2.45, 2.75) is 25.5 Å². The third-order valence-corrected chi connectivity index (χ3v) is 4.62. The molecule has 6 nitrogen and oxygen atoms in total. The number of carbonyl (C=O) groups is 1. The number of nitro benzene ring substituents is 1. The number of hydrogen-bond acceptors (Lipinski definition) is 4. The number of hydrogen-bond donors (Lipinski definition) is 1. The Morgan fingerprint density at radius 1 is 1.16 bits per heavy atom. The molecule has 0 radical (unpaired) electrons. The maximum Gasteiger partial charge on any atom is 0.275 e. The van der Waals surface area contributed by atoms with Crippen molar-refractivity contribution in [1.82, 2.24) is 4.90 Å². The van der Waals surface area contributed by atoms with E-state index in [0.29, 0.717) is 19.5 Å². The average Bonchev–Trinajstić information content (AvgIpc) is 2.64. The highest BCUT2D eigenvalue weighted by Gasteiger charge is 2.37. The van der Waals surface area contributed by atoms with Crippen LogP contribution in [0.25, 0.3) is 0 Å². The normalized spacial score (nSPS) is 18.8. The van der Waals surface area contributed by atoms with Crippen LogP contribution >= 0.6 is 0 Å². The van der Waals surface area contributed by atoms with Gasteiger partial charge in [-0.2, -0.15) is 0 Å². The lowest BCUT2D eigenvalue weighted by molar-refractivity contribution is -0.386. The van der Waals surface area contributed by atoms with Gasteiger partial charge in [-0.3, -0.25) is 14.9 Å². The summed E-state index contributed by atoms with van der Waals surface area (Å²) >= 11 is 0. The molecular weight excluding hydrogens is 320 g/mol. The first-order valence-electron chi connectivity index (χ1n) is 8.32. The van der Waals surface area contributed by atoms with Crippen molar-refractivity contribution in [3.05, 3.63) is 75.8 Å². The molecular formula is C19H20N2O4. The summed E-state index contributed by atoms with van der Waals surface area (Å²) in [5.41, 5.74) is 1.08. The first-order chi connectivity index (χ1) is 12.1. The number of amides is 1. The van der Waals surface area contributed by atoms with Crippen molar-refractivity contribution >= 4 is 11.6 Å². The molecule has 0 aliphatic carbocycles. The summed E-state index contributed by atoms with van der Waals surface area (Å²) in [6.07, 6.45) is 0.116. The van der Waals surface area contributed by atoms with E-state index < -0.39 is 16.9 Å². The van der Waals surface area contributed by atoms with Crippen molar-refractivity contribution in [3.8, 4) is 0 Å². The predicted octanol–water partition coefficient (Wildman–Crippen LogP) is 3.07. The van der Waals surface area contributed by atoms with E-state index in [9.17, 15) is 20.0 Å². The van der Waals surface area contributed by atoms with Crippen LogP contribution in [0.5, 0.6) is 0 Å². The van der Waals surface area contributed by atoms with Crippen LogP contribution in [0.1, 0.15) is 30.1 Å². The third kappa shape index (κ3) is 3.69. The van der Waals surface area contributed by atoms with Gasteiger partial charge < -0.3 is 10.0 Å².